The third-order valence-corrected chi connectivity index (χ3v) is 2.89. The molecule has 0 atom stereocenters. The lowest BCUT2D eigenvalue weighted by Crippen LogP contribution is -2.00. The highest BCUT2D eigenvalue weighted by molar-refractivity contribution is 14.1. The molecule has 0 radical (unpaired) electrons. The van der Waals surface area contributed by atoms with Gasteiger partial charge in [0.05, 0.1) is 14.5 Å². The molecule has 64 valence electrons. The lowest BCUT2D eigenvalue weighted by molar-refractivity contribution is 0.102. The van der Waals surface area contributed by atoms with Gasteiger partial charge in [-0.15, -0.1) is 0 Å². The Balaban J connectivity index is 3.16. The van der Waals surface area contributed by atoms with Crippen LogP contribution in [0.25, 0.3) is 0 Å². The predicted octanol–water partition coefficient (Wildman–Crippen LogP) is 3.61. The van der Waals surface area contributed by atoms with Crippen molar-refractivity contribution in [2.24, 2.45) is 0 Å². The zero-order valence-corrected chi connectivity index (χ0v) is 9.65. The lowest BCUT2D eigenvalue weighted by Gasteiger charge is -2.01. The van der Waals surface area contributed by atoms with Crippen LogP contribution < -0.4 is 0 Å². The number of hydrogen-bond acceptors (Lipinski definition) is 1. The van der Waals surface area contributed by atoms with Gasteiger partial charge in [0.15, 0.2) is 5.78 Å². The summed E-state index contributed by atoms with van der Waals surface area (Å²) in [5.74, 6) is 0.00287. The van der Waals surface area contributed by atoms with E-state index in [0.717, 1.165) is 0 Å². The van der Waals surface area contributed by atoms with E-state index in [1.807, 2.05) is 22.6 Å². The number of rotatable bonds is 2. The van der Waals surface area contributed by atoms with Crippen molar-refractivity contribution in [3.05, 3.63) is 33.8 Å². The van der Waals surface area contributed by atoms with E-state index in [2.05, 4.69) is 0 Å². The van der Waals surface area contributed by atoms with Crippen LogP contribution in [0.15, 0.2) is 18.2 Å². The van der Waals surface area contributed by atoms with Crippen molar-refractivity contribution in [2.75, 3.05) is 4.43 Å². The number of benzene rings is 1. The molecule has 0 bridgehead atoms. The van der Waals surface area contributed by atoms with Gasteiger partial charge in [-0.3, -0.25) is 4.79 Å². The minimum Gasteiger partial charge on any atom is -0.293 e. The van der Waals surface area contributed by atoms with E-state index in [9.17, 15) is 4.79 Å². The summed E-state index contributed by atoms with van der Waals surface area (Å²) in [5.41, 5.74) is 0.499. The van der Waals surface area contributed by atoms with E-state index in [1.54, 1.807) is 18.2 Å². The molecule has 0 aliphatic rings. The molecule has 1 rings (SSSR count). The zero-order chi connectivity index (χ0) is 9.14. The average molecular weight is 315 g/mol. The maximum atomic E-state index is 11.2. The number of carbonyl (C=O) groups excluding carboxylic acids is 1. The van der Waals surface area contributed by atoms with Gasteiger partial charge in [-0.05, 0) is 12.1 Å². The molecule has 0 saturated heterocycles. The van der Waals surface area contributed by atoms with Crippen LogP contribution in [-0.2, 0) is 0 Å². The molecule has 0 aliphatic carbocycles. The van der Waals surface area contributed by atoms with Gasteiger partial charge in [-0.2, -0.15) is 0 Å². The second kappa shape index (κ2) is 4.44. The van der Waals surface area contributed by atoms with Gasteiger partial charge < -0.3 is 0 Å². The second-order valence-corrected chi connectivity index (χ2v) is 3.71. The molecule has 1 nitrogen and oxygen atoms in total. The van der Waals surface area contributed by atoms with Gasteiger partial charge in [0, 0.05) is 5.56 Å². The Morgan fingerprint density at radius 3 is 2.67 bits per heavy atom. The first-order chi connectivity index (χ1) is 5.66. The van der Waals surface area contributed by atoms with Crippen LogP contribution in [0.1, 0.15) is 10.4 Å². The molecule has 0 unspecified atom stereocenters. The van der Waals surface area contributed by atoms with E-state index in [-0.39, 0.29) is 5.78 Å². The van der Waals surface area contributed by atoms with Crippen molar-refractivity contribution < 1.29 is 4.79 Å². The van der Waals surface area contributed by atoms with Gasteiger partial charge in [-0.1, -0.05) is 51.9 Å². The number of hydrogen-bond donors (Lipinski definition) is 0. The lowest BCUT2D eigenvalue weighted by atomic mass is 10.1. The first-order valence-corrected chi connectivity index (χ1v) is 5.48. The van der Waals surface area contributed by atoms with Crippen molar-refractivity contribution in [2.45, 2.75) is 0 Å². The predicted molar refractivity (Wildman–Crippen MR) is 59.7 cm³/mol. The topological polar surface area (TPSA) is 17.1 Å². The third kappa shape index (κ3) is 2.12. The van der Waals surface area contributed by atoms with E-state index < -0.39 is 0 Å². The smallest absolute Gasteiger partial charge is 0.174 e. The van der Waals surface area contributed by atoms with Crippen molar-refractivity contribution in [1.29, 1.82) is 0 Å². The Morgan fingerprint density at radius 1 is 1.42 bits per heavy atom. The number of carbonyl (C=O) groups is 1. The normalized spacial score (nSPS) is 9.92. The highest BCUT2D eigenvalue weighted by Crippen LogP contribution is 2.25. The quantitative estimate of drug-likeness (QED) is 0.463. The van der Waals surface area contributed by atoms with Crippen LogP contribution in [-0.4, -0.2) is 10.2 Å². The van der Waals surface area contributed by atoms with E-state index in [1.165, 1.54) is 0 Å². The molecule has 0 fully saturated rings. The Kier molecular flexibility index (Phi) is 3.80. The average Bonchev–Trinajstić information content (AvgIpc) is 2.08. The molecule has 4 heteroatoms. The molecule has 0 amide bonds. The SMILES string of the molecule is O=C(CI)c1cccc(Cl)c1Cl. The summed E-state index contributed by atoms with van der Waals surface area (Å²) >= 11 is 13.5. The Hall–Kier alpha value is 0.200. The fourth-order valence-electron chi connectivity index (χ4n) is 0.791. The number of ketones is 1. The maximum Gasteiger partial charge on any atom is 0.174 e. The van der Waals surface area contributed by atoms with Gasteiger partial charge in [-0.25, -0.2) is 0 Å². The molecule has 0 aromatic heterocycles. The molecule has 1 aromatic rings. The summed E-state index contributed by atoms with van der Waals surface area (Å²) in [7, 11) is 0. The number of halogens is 3. The first kappa shape index (κ1) is 10.3. The summed E-state index contributed by atoms with van der Waals surface area (Å²) in [6.07, 6.45) is 0. The second-order valence-electron chi connectivity index (χ2n) is 2.16. The first-order valence-electron chi connectivity index (χ1n) is 3.20. The monoisotopic (exact) mass is 314 g/mol. The van der Waals surface area contributed by atoms with Crippen molar-refractivity contribution >= 4 is 51.6 Å². The van der Waals surface area contributed by atoms with Crippen LogP contribution in [0.5, 0.6) is 0 Å². The minimum atomic E-state index is 0.00287. The van der Waals surface area contributed by atoms with Crippen LogP contribution in [0.4, 0.5) is 0 Å². The molecule has 0 N–H and O–H groups in total. The molecule has 0 heterocycles. The van der Waals surface area contributed by atoms with E-state index in [4.69, 9.17) is 23.2 Å². The molecule has 0 saturated carbocycles. The summed E-state index contributed by atoms with van der Waals surface area (Å²) in [5, 5.41) is 0.771. The van der Waals surface area contributed by atoms with Gasteiger partial charge in [0.25, 0.3) is 0 Å². The molecule has 0 spiro atoms. The highest BCUT2D eigenvalue weighted by Gasteiger charge is 2.10. The van der Waals surface area contributed by atoms with Gasteiger partial charge in [0.2, 0.25) is 0 Å². The Bertz CT molecular complexity index is 312. The number of Topliss-reactive ketones (excluding diaryl/α,β-unsaturated/α-hetero) is 1. The van der Waals surface area contributed by atoms with Crippen LogP contribution in [0, 0.1) is 0 Å². The molecule has 1 aromatic carbocycles. The minimum absolute atomic E-state index is 0.00287. The Morgan fingerprint density at radius 2 is 2.08 bits per heavy atom. The van der Waals surface area contributed by atoms with Crippen LogP contribution >= 0.6 is 45.8 Å². The third-order valence-electron chi connectivity index (χ3n) is 1.37. The highest BCUT2D eigenvalue weighted by atomic mass is 127. The van der Waals surface area contributed by atoms with Crippen LogP contribution in [0.3, 0.4) is 0 Å². The largest absolute Gasteiger partial charge is 0.293 e. The van der Waals surface area contributed by atoms with Gasteiger partial charge in [0.1, 0.15) is 0 Å². The fraction of sp³-hybridized carbons (Fsp3) is 0.125. The molecule has 0 aliphatic heterocycles. The zero-order valence-electron chi connectivity index (χ0n) is 5.98. The number of alkyl halides is 1. The van der Waals surface area contributed by atoms with E-state index >= 15 is 0 Å². The Labute approximate surface area is 94.2 Å². The van der Waals surface area contributed by atoms with Crippen molar-refractivity contribution in [3.63, 3.8) is 0 Å². The van der Waals surface area contributed by atoms with Crippen molar-refractivity contribution in [3.8, 4) is 0 Å². The fourth-order valence-corrected chi connectivity index (χ4v) is 1.61. The molecular weight excluding hydrogens is 310 g/mol. The summed E-state index contributed by atoms with van der Waals surface area (Å²) in [6, 6.07) is 5.05. The molecule has 12 heavy (non-hydrogen) atoms. The van der Waals surface area contributed by atoms with Crippen molar-refractivity contribution in [1.82, 2.24) is 0 Å². The van der Waals surface area contributed by atoms with Gasteiger partial charge >= 0.3 is 0 Å². The summed E-state index contributed by atoms with van der Waals surface area (Å²) in [6.45, 7) is 0. The van der Waals surface area contributed by atoms with E-state index in [0.29, 0.717) is 20.0 Å². The summed E-state index contributed by atoms with van der Waals surface area (Å²) < 4.78 is 0.415. The summed E-state index contributed by atoms with van der Waals surface area (Å²) in [4.78, 5) is 11.2. The van der Waals surface area contributed by atoms with Crippen LogP contribution in [0.2, 0.25) is 10.0 Å². The maximum absolute atomic E-state index is 11.2. The molecular formula is C8H5Cl2IO. The standard InChI is InChI=1S/C8H5Cl2IO/c9-6-3-1-2-5(8(6)10)7(12)4-11/h1-3H,4H2.